The molecule has 1 aromatic heterocycles. The van der Waals surface area contributed by atoms with Gasteiger partial charge in [-0.1, -0.05) is 24.3 Å². The van der Waals surface area contributed by atoms with Gasteiger partial charge in [0.2, 0.25) is 0 Å². The zero-order valence-electron chi connectivity index (χ0n) is 21.6. The number of anilines is 1. The monoisotopic (exact) mass is 506 g/mol. The van der Waals surface area contributed by atoms with Gasteiger partial charge in [-0.25, -0.2) is 0 Å². The van der Waals surface area contributed by atoms with E-state index in [2.05, 4.69) is 35.4 Å². The van der Waals surface area contributed by atoms with Gasteiger partial charge in [0.25, 0.3) is 11.8 Å². The van der Waals surface area contributed by atoms with Crippen LogP contribution < -0.4 is 5.32 Å². The molecule has 2 aliphatic heterocycles. The summed E-state index contributed by atoms with van der Waals surface area (Å²) in [6.07, 6.45) is 6.20. The molecule has 0 unspecified atom stereocenters. The highest BCUT2D eigenvalue weighted by molar-refractivity contribution is 6.17. The number of benzene rings is 2. The van der Waals surface area contributed by atoms with Crippen molar-refractivity contribution in [1.82, 2.24) is 14.8 Å². The molecule has 0 bridgehead atoms. The van der Waals surface area contributed by atoms with Crippen molar-refractivity contribution in [3.63, 3.8) is 0 Å². The van der Waals surface area contributed by atoms with Crippen LogP contribution in [0.5, 0.6) is 0 Å². The molecule has 2 fully saturated rings. The minimum atomic E-state index is -0.586. The van der Waals surface area contributed by atoms with Gasteiger partial charge in [0.15, 0.2) is 0 Å². The zero-order valence-corrected chi connectivity index (χ0v) is 21.6. The highest BCUT2D eigenvalue weighted by atomic mass is 16.2. The number of pyridine rings is 1. The number of likely N-dealkylation sites (tertiary alicyclic amines) is 1. The fourth-order valence-corrected chi connectivity index (χ4v) is 5.44. The van der Waals surface area contributed by atoms with E-state index in [1.54, 1.807) is 24.5 Å². The summed E-state index contributed by atoms with van der Waals surface area (Å²) < 4.78 is 0. The number of amidine groups is 1. The standard InChI is InChI=1S/C30H30N6O2/c1-19-12-21(22-6-8-26(32-2)24(13-22)14-31)5-7-25(19)27-34-30(9-10-30)29(38)36(27)18-20-16-35(17-20)28(37)23-4-3-11-33-15-23/h3-8,11-15,20,31-32H,9-10,16-18H2,1-2H3. The molecule has 2 N–H and O–H groups in total. The molecule has 2 aromatic carbocycles. The molecule has 3 heterocycles. The maximum Gasteiger partial charge on any atom is 0.256 e. The van der Waals surface area contributed by atoms with Gasteiger partial charge in [0.1, 0.15) is 11.4 Å². The molecule has 0 atom stereocenters. The van der Waals surface area contributed by atoms with E-state index >= 15 is 0 Å². The average molecular weight is 507 g/mol. The number of nitrogens with zero attached hydrogens (tertiary/aromatic N) is 4. The minimum absolute atomic E-state index is 0.0185. The van der Waals surface area contributed by atoms with Gasteiger partial charge >= 0.3 is 0 Å². The Hall–Kier alpha value is -4.33. The molecule has 192 valence electrons. The van der Waals surface area contributed by atoms with Crippen molar-refractivity contribution >= 4 is 29.6 Å². The lowest BCUT2D eigenvalue weighted by molar-refractivity contribution is -0.129. The van der Waals surface area contributed by atoms with E-state index in [1.165, 1.54) is 6.21 Å². The first-order valence-electron chi connectivity index (χ1n) is 13.0. The van der Waals surface area contributed by atoms with Gasteiger partial charge in [0.05, 0.1) is 5.56 Å². The Morgan fingerprint density at radius 2 is 1.92 bits per heavy atom. The van der Waals surface area contributed by atoms with Gasteiger partial charge in [-0.3, -0.25) is 24.5 Å². The molecule has 1 saturated carbocycles. The number of nitrogens with one attached hydrogen (secondary N) is 2. The van der Waals surface area contributed by atoms with Gasteiger partial charge in [-0.2, -0.15) is 0 Å². The zero-order chi connectivity index (χ0) is 26.4. The molecule has 38 heavy (non-hydrogen) atoms. The van der Waals surface area contributed by atoms with Crippen LogP contribution in [-0.2, 0) is 4.79 Å². The first-order valence-corrected chi connectivity index (χ1v) is 13.0. The topological polar surface area (TPSA) is 102 Å². The maximum atomic E-state index is 13.4. The summed E-state index contributed by atoms with van der Waals surface area (Å²) in [6.45, 7) is 3.85. The van der Waals surface area contributed by atoms with E-state index in [9.17, 15) is 9.59 Å². The summed E-state index contributed by atoms with van der Waals surface area (Å²) in [5.74, 6) is 1.03. The predicted octanol–water partition coefficient (Wildman–Crippen LogP) is 3.99. The number of carbonyl (C=O) groups excluding carboxylic acids is 2. The van der Waals surface area contributed by atoms with E-state index in [0.717, 1.165) is 52.2 Å². The summed E-state index contributed by atoms with van der Waals surface area (Å²) in [5, 5.41) is 10.9. The van der Waals surface area contributed by atoms with Gasteiger partial charge < -0.3 is 15.6 Å². The van der Waals surface area contributed by atoms with Crippen LogP contribution in [0.2, 0.25) is 0 Å². The predicted molar refractivity (Wildman–Crippen MR) is 148 cm³/mol. The van der Waals surface area contributed by atoms with Crippen LogP contribution in [0.3, 0.4) is 0 Å². The Morgan fingerprint density at radius 3 is 2.58 bits per heavy atom. The van der Waals surface area contributed by atoms with E-state index in [0.29, 0.717) is 25.2 Å². The molecular weight excluding hydrogens is 476 g/mol. The van der Waals surface area contributed by atoms with Crippen LogP contribution in [-0.4, -0.2) is 70.9 Å². The molecule has 3 aromatic rings. The summed E-state index contributed by atoms with van der Waals surface area (Å²) in [6, 6.07) is 15.8. The molecule has 1 saturated heterocycles. The molecule has 2 amide bonds. The van der Waals surface area contributed by atoms with Crippen LogP contribution in [0.15, 0.2) is 65.9 Å². The Bertz CT molecular complexity index is 1470. The normalized spacial score (nSPS) is 17.8. The average Bonchev–Trinajstić information content (AvgIpc) is 3.66. The van der Waals surface area contributed by atoms with Crippen molar-refractivity contribution in [2.24, 2.45) is 10.9 Å². The molecule has 1 spiro atoms. The van der Waals surface area contributed by atoms with Gasteiger partial charge in [0, 0.05) is 68.0 Å². The fourth-order valence-electron chi connectivity index (χ4n) is 5.44. The number of aliphatic imine (C=N–C) groups is 1. The van der Waals surface area contributed by atoms with Crippen LogP contribution in [0.4, 0.5) is 5.69 Å². The van der Waals surface area contributed by atoms with Crippen molar-refractivity contribution < 1.29 is 9.59 Å². The molecule has 3 aliphatic rings. The number of aromatic nitrogens is 1. The largest absolute Gasteiger partial charge is 0.388 e. The molecule has 8 heteroatoms. The lowest BCUT2D eigenvalue weighted by Crippen LogP contribution is -2.55. The molecule has 0 radical (unpaired) electrons. The summed E-state index contributed by atoms with van der Waals surface area (Å²) in [4.78, 5) is 38.8. The van der Waals surface area contributed by atoms with Crippen molar-refractivity contribution in [2.75, 3.05) is 32.0 Å². The number of rotatable bonds is 7. The van der Waals surface area contributed by atoms with E-state index in [1.807, 2.05) is 35.0 Å². The highest BCUT2D eigenvalue weighted by Crippen LogP contribution is 2.46. The summed E-state index contributed by atoms with van der Waals surface area (Å²) >= 11 is 0. The third kappa shape index (κ3) is 4.06. The highest BCUT2D eigenvalue weighted by Gasteiger charge is 2.58. The summed E-state index contributed by atoms with van der Waals surface area (Å²) in [7, 11) is 1.85. The second kappa shape index (κ2) is 9.20. The molecule has 8 nitrogen and oxygen atoms in total. The second-order valence-electron chi connectivity index (χ2n) is 10.4. The second-order valence-corrected chi connectivity index (χ2v) is 10.4. The number of hydrogen-bond acceptors (Lipinski definition) is 6. The number of hydrogen-bond donors (Lipinski definition) is 2. The van der Waals surface area contributed by atoms with Crippen LogP contribution >= 0.6 is 0 Å². The van der Waals surface area contributed by atoms with E-state index in [4.69, 9.17) is 10.4 Å². The molecule has 6 rings (SSSR count). The third-order valence-corrected chi connectivity index (χ3v) is 7.81. The van der Waals surface area contributed by atoms with Gasteiger partial charge in [-0.15, -0.1) is 0 Å². The third-order valence-electron chi connectivity index (χ3n) is 7.81. The number of aryl methyl sites for hydroxylation is 1. The number of amides is 2. The Labute approximate surface area is 221 Å². The van der Waals surface area contributed by atoms with Crippen LogP contribution in [0.25, 0.3) is 11.1 Å². The van der Waals surface area contributed by atoms with Crippen molar-refractivity contribution in [2.45, 2.75) is 25.3 Å². The van der Waals surface area contributed by atoms with E-state index in [-0.39, 0.29) is 17.7 Å². The van der Waals surface area contributed by atoms with E-state index < -0.39 is 5.54 Å². The fraction of sp³-hybridized carbons (Fsp3) is 0.300. The summed E-state index contributed by atoms with van der Waals surface area (Å²) in [5.41, 5.74) is 5.85. The first kappa shape index (κ1) is 24.0. The molecular formula is C30H30N6O2. The lowest BCUT2D eigenvalue weighted by Gasteiger charge is -2.41. The maximum absolute atomic E-state index is 13.4. The quantitative estimate of drug-likeness (QED) is 0.473. The first-order chi connectivity index (χ1) is 18.4. The Kier molecular flexibility index (Phi) is 5.82. The van der Waals surface area contributed by atoms with Crippen LogP contribution in [0.1, 0.15) is 39.9 Å². The van der Waals surface area contributed by atoms with Gasteiger partial charge in [-0.05, 0) is 60.7 Å². The van der Waals surface area contributed by atoms with Crippen molar-refractivity contribution in [3.05, 3.63) is 83.2 Å². The van der Waals surface area contributed by atoms with Crippen molar-refractivity contribution in [3.8, 4) is 11.1 Å². The lowest BCUT2D eigenvalue weighted by atomic mass is 9.96. The smallest absolute Gasteiger partial charge is 0.256 e. The molecule has 1 aliphatic carbocycles. The number of carbonyl (C=O) groups is 2. The van der Waals surface area contributed by atoms with Crippen molar-refractivity contribution in [1.29, 1.82) is 5.41 Å². The Balaban J connectivity index is 1.21. The van der Waals surface area contributed by atoms with Crippen LogP contribution in [0, 0.1) is 18.3 Å². The SMILES string of the molecule is CNc1ccc(-c2ccc(C3=NC4(CC4)C(=O)N3CC3CN(C(=O)c4cccnc4)C3)c(C)c2)cc1C=N. The minimum Gasteiger partial charge on any atom is -0.388 e. The Morgan fingerprint density at radius 1 is 1.16 bits per heavy atom.